The first kappa shape index (κ1) is 12.1. The molecule has 0 spiro atoms. The minimum absolute atomic E-state index is 0. The van der Waals surface area contributed by atoms with Gasteiger partial charge in [-0.15, -0.1) is 7.05 Å². The fraction of sp³-hybridized carbons (Fsp3) is 0.100. The zero-order valence-electron chi connectivity index (χ0n) is 8.27. The quantitative estimate of drug-likeness (QED) is 0.499. The van der Waals surface area contributed by atoms with Crippen molar-refractivity contribution in [1.29, 1.82) is 0 Å². The number of pyridine rings is 1. The molecule has 0 saturated carbocycles. The molecule has 0 atom stereocenters. The van der Waals surface area contributed by atoms with E-state index in [1.165, 1.54) is 0 Å². The molecule has 0 aliphatic carbocycles. The Bertz CT molecular complexity index is 414. The summed E-state index contributed by atoms with van der Waals surface area (Å²) in [6.07, 6.45) is 1.74. The third kappa shape index (κ3) is 2.53. The Hall–Kier alpha value is 0.0264. The van der Waals surface area contributed by atoms with Crippen LogP contribution >= 0.6 is 0 Å². The summed E-state index contributed by atoms with van der Waals surface area (Å²) < 4.78 is 0. The number of nitrogens with zero attached hydrogens (tertiary/aromatic N) is 2. The van der Waals surface area contributed by atoms with Crippen LogP contribution in [0.4, 0.5) is 0 Å². The Morgan fingerprint density at radius 3 is 2.79 bits per heavy atom. The van der Waals surface area contributed by atoms with Gasteiger partial charge >= 0.3 is 51.4 Å². The van der Waals surface area contributed by atoms with Crippen LogP contribution < -0.4 is 56.2 Å². The van der Waals surface area contributed by atoms with Gasteiger partial charge in [0.2, 0.25) is 0 Å². The number of aromatic nitrogens is 1. The molecule has 1 aromatic carbocycles. The van der Waals surface area contributed by atoms with Crippen LogP contribution in [0.2, 0.25) is 0 Å². The zero-order chi connectivity index (χ0) is 9.10. The van der Waals surface area contributed by atoms with Crippen LogP contribution in [0.25, 0.3) is 16.4 Å². The molecule has 0 aliphatic rings. The smallest absolute Gasteiger partial charge is 0.586 e. The molecule has 0 bridgehead atoms. The standard InChI is InChI=1S/C10H9N2O.K/c1-11-13-9-6-2-4-8-5-3-7-12-10(8)9;/h2-7H,1H3;/q-1;+1. The number of benzene rings is 1. The van der Waals surface area contributed by atoms with Crippen molar-refractivity contribution in [3.63, 3.8) is 0 Å². The molecule has 0 radical (unpaired) electrons. The Labute approximate surface area is 125 Å². The Morgan fingerprint density at radius 1 is 1.21 bits per heavy atom. The molecule has 66 valence electrons. The first-order valence-corrected chi connectivity index (χ1v) is 4.02. The van der Waals surface area contributed by atoms with Gasteiger partial charge in [0, 0.05) is 11.6 Å². The molecule has 1 heterocycles. The van der Waals surface area contributed by atoms with Crippen molar-refractivity contribution in [3.05, 3.63) is 42.0 Å². The summed E-state index contributed by atoms with van der Waals surface area (Å²) in [4.78, 5) is 9.30. The molecule has 2 aromatic rings. The molecule has 0 N–H and O–H groups in total. The van der Waals surface area contributed by atoms with Crippen molar-refractivity contribution in [2.24, 2.45) is 0 Å². The number of rotatable bonds is 2. The fourth-order valence-corrected chi connectivity index (χ4v) is 1.25. The molecule has 0 unspecified atom stereocenters. The third-order valence-corrected chi connectivity index (χ3v) is 1.79. The topological polar surface area (TPSA) is 36.2 Å². The number of hydrogen-bond acceptors (Lipinski definition) is 2. The van der Waals surface area contributed by atoms with Crippen LogP contribution in [0, 0.1) is 0 Å². The van der Waals surface area contributed by atoms with Gasteiger partial charge in [-0.2, -0.15) is 0 Å². The van der Waals surface area contributed by atoms with Crippen molar-refractivity contribution in [2.75, 3.05) is 7.05 Å². The van der Waals surface area contributed by atoms with Crippen LogP contribution in [0.5, 0.6) is 5.75 Å². The maximum atomic E-state index is 5.08. The Kier molecular flexibility index (Phi) is 5.01. The first-order chi connectivity index (χ1) is 6.42. The van der Waals surface area contributed by atoms with E-state index in [9.17, 15) is 0 Å². The van der Waals surface area contributed by atoms with Gasteiger partial charge in [-0.05, 0) is 12.1 Å². The van der Waals surface area contributed by atoms with Crippen LogP contribution in [-0.2, 0) is 0 Å². The summed E-state index contributed by atoms with van der Waals surface area (Å²) in [7, 11) is 1.60. The number of fused-ring (bicyclic) bond motifs is 1. The van der Waals surface area contributed by atoms with E-state index in [2.05, 4.69) is 10.5 Å². The van der Waals surface area contributed by atoms with Crippen LogP contribution in [0.1, 0.15) is 0 Å². The Morgan fingerprint density at radius 2 is 2.00 bits per heavy atom. The van der Waals surface area contributed by atoms with Gasteiger partial charge in [0.1, 0.15) is 11.3 Å². The van der Waals surface area contributed by atoms with Crippen molar-refractivity contribution in [2.45, 2.75) is 0 Å². The monoisotopic (exact) mass is 212 g/mol. The van der Waals surface area contributed by atoms with E-state index in [-0.39, 0.29) is 51.4 Å². The van der Waals surface area contributed by atoms with Gasteiger partial charge in [0.25, 0.3) is 0 Å². The normalized spacial score (nSPS) is 9.50. The average molecular weight is 212 g/mol. The van der Waals surface area contributed by atoms with Gasteiger partial charge in [0.05, 0.1) is 0 Å². The first-order valence-electron chi connectivity index (χ1n) is 4.02. The molecule has 1 aromatic heterocycles. The summed E-state index contributed by atoms with van der Waals surface area (Å²) in [5.74, 6) is 0.695. The second-order valence-electron chi connectivity index (χ2n) is 2.61. The van der Waals surface area contributed by atoms with Crippen molar-refractivity contribution in [1.82, 2.24) is 4.98 Å². The maximum Gasteiger partial charge on any atom is 1.00 e. The van der Waals surface area contributed by atoms with Gasteiger partial charge in [-0.25, -0.2) is 0 Å². The molecule has 3 nitrogen and oxygen atoms in total. The van der Waals surface area contributed by atoms with Crippen LogP contribution in [0.15, 0.2) is 36.5 Å². The Balaban J connectivity index is 0.000000980. The van der Waals surface area contributed by atoms with Gasteiger partial charge in [-0.3, -0.25) is 4.98 Å². The maximum absolute atomic E-state index is 5.08. The predicted octanol–water partition coefficient (Wildman–Crippen LogP) is -0.464. The predicted molar refractivity (Wildman–Crippen MR) is 51.7 cm³/mol. The molecule has 0 amide bonds. The van der Waals surface area contributed by atoms with Crippen molar-refractivity contribution < 1.29 is 56.2 Å². The number of para-hydroxylation sites is 1. The summed E-state index contributed by atoms with van der Waals surface area (Å²) in [5, 5.41) is 1.06. The largest absolute Gasteiger partial charge is 1.00 e. The van der Waals surface area contributed by atoms with Gasteiger partial charge < -0.3 is 10.3 Å². The molecular formula is C10H9KN2O. The minimum atomic E-state index is 0. The van der Waals surface area contributed by atoms with Crippen molar-refractivity contribution >= 4 is 10.9 Å². The van der Waals surface area contributed by atoms with Gasteiger partial charge in [0.15, 0.2) is 0 Å². The average Bonchev–Trinajstić information content (AvgIpc) is 2.19. The number of hydrogen-bond donors (Lipinski definition) is 0. The third-order valence-electron chi connectivity index (χ3n) is 1.79. The molecule has 2 rings (SSSR count). The van der Waals surface area contributed by atoms with Crippen LogP contribution in [0.3, 0.4) is 0 Å². The number of hydroxylamine groups is 1. The van der Waals surface area contributed by atoms with E-state index in [1.807, 2.05) is 30.3 Å². The summed E-state index contributed by atoms with van der Waals surface area (Å²) in [6, 6.07) is 9.65. The van der Waals surface area contributed by atoms with E-state index < -0.39 is 0 Å². The molecule has 0 aliphatic heterocycles. The van der Waals surface area contributed by atoms with Crippen molar-refractivity contribution in [3.8, 4) is 5.75 Å². The van der Waals surface area contributed by atoms with E-state index in [1.54, 1.807) is 13.2 Å². The van der Waals surface area contributed by atoms with Gasteiger partial charge in [-0.1, -0.05) is 18.2 Å². The van der Waals surface area contributed by atoms with Crippen LogP contribution in [-0.4, -0.2) is 12.0 Å². The molecule has 14 heavy (non-hydrogen) atoms. The molecular weight excluding hydrogens is 203 g/mol. The minimum Gasteiger partial charge on any atom is -0.586 e. The fourth-order valence-electron chi connectivity index (χ4n) is 1.25. The van der Waals surface area contributed by atoms with E-state index >= 15 is 0 Å². The van der Waals surface area contributed by atoms with E-state index in [0.29, 0.717) is 5.75 Å². The summed E-state index contributed by atoms with van der Waals surface area (Å²) in [5.41, 5.74) is 4.46. The second-order valence-corrected chi connectivity index (χ2v) is 2.61. The molecule has 0 saturated heterocycles. The van der Waals surface area contributed by atoms with E-state index in [4.69, 9.17) is 4.84 Å². The van der Waals surface area contributed by atoms with E-state index in [0.717, 1.165) is 10.9 Å². The molecule has 4 heteroatoms. The second kappa shape index (κ2) is 5.80. The summed E-state index contributed by atoms with van der Waals surface area (Å²) in [6.45, 7) is 0. The summed E-state index contributed by atoms with van der Waals surface area (Å²) >= 11 is 0. The molecule has 0 fully saturated rings. The SMILES string of the molecule is C[N-]Oc1cccc2cccnc12.[K+]. The zero-order valence-corrected chi connectivity index (χ0v) is 11.4.